The fraction of sp³-hybridized carbons (Fsp3) is 0.458. The van der Waals surface area contributed by atoms with E-state index < -0.39 is 101 Å². The van der Waals surface area contributed by atoms with Crippen LogP contribution in [-0.2, 0) is 23.8 Å². The first-order chi connectivity index (χ1) is 30.1. The second kappa shape index (κ2) is 19.8. The predicted octanol–water partition coefficient (Wildman–Crippen LogP) is 6.14. The van der Waals surface area contributed by atoms with E-state index >= 15 is 0 Å². The number of likely N-dealkylation sites (N-methyl/N-ethyl adjacent to an activating group) is 1. The molecule has 3 heterocycles. The molecule has 3 aliphatic heterocycles. The maximum absolute atomic E-state index is 14.5. The highest BCUT2D eigenvalue weighted by Gasteiger charge is 2.50. The molecule has 7 N–H and O–H groups in total. The van der Waals surface area contributed by atoms with Crippen LogP contribution in [0.5, 0.6) is 23.0 Å². The van der Waals surface area contributed by atoms with E-state index in [-0.39, 0.29) is 44.5 Å². The van der Waals surface area contributed by atoms with Crippen molar-refractivity contribution in [1.82, 2.24) is 5.01 Å². The number of methoxy groups -OCH3 is 1. The van der Waals surface area contributed by atoms with Crippen LogP contribution in [0.25, 0.3) is 10.8 Å². The Labute approximate surface area is 373 Å². The van der Waals surface area contributed by atoms with Crippen molar-refractivity contribution < 1.29 is 64.0 Å². The van der Waals surface area contributed by atoms with Gasteiger partial charge in [-0.25, -0.2) is 0 Å². The monoisotopic (exact) mass is 887 g/mol. The lowest BCUT2D eigenvalue weighted by Crippen LogP contribution is -2.46. The van der Waals surface area contributed by atoms with Crippen molar-refractivity contribution in [3.05, 3.63) is 88.7 Å². The van der Waals surface area contributed by atoms with Crippen LogP contribution in [0.1, 0.15) is 88.5 Å². The van der Waals surface area contributed by atoms with Crippen molar-refractivity contribution in [1.29, 1.82) is 0 Å². The minimum absolute atomic E-state index is 0.0152. The van der Waals surface area contributed by atoms with Gasteiger partial charge in [0.15, 0.2) is 5.75 Å². The molecule has 0 aliphatic carbocycles. The number of hydrogen-bond acceptors (Lipinski definition) is 15. The molecule has 346 valence electrons. The van der Waals surface area contributed by atoms with E-state index in [1.165, 1.54) is 58.2 Å². The predicted molar refractivity (Wildman–Crippen MR) is 240 cm³/mol. The van der Waals surface area contributed by atoms with Crippen molar-refractivity contribution >= 4 is 40.3 Å². The summed E-state index contributed by atoms with van der Waals surface area (Å²) < 4.78 is 23.6. The van der Waals surface area contributed by atoms with Gasteiger partial charge in [-0.2, -0.15) is 5.10 Å². The molecule has 3 aromatic carbocycles. The average Bonchev–Trinajstić information content (AvgIpc) is 3.53. The Balaban J connectivity index is 1.71. The lowest BCUT2D eigenvalue weighted by molar-refractivity contribution is -0.160. The first-order valence-electron chi connectivity index (χ1n) is 21.2. The number of aliphatic hydroxyl groups excluding tert-OH is 3. The number of esters is 1. The summed E-state index contributed by atoms with van der Waals surface area (Å²) in [5, 5.41) is 77.8. The molecule has 16 nitrogen and oxygen atoms in total. The van der Waals surface area contributed by atoms with Crippen LogP contribution >= 0.6 is 0 Å². The quantitative estimate of drug-likeness (QED) is 0.0464. The van der Waals surface area contributed by atoms with Gasteiger partial charge >= 0.3 is 11.8 Å². The van der Waals surface area contributed by atoms with Gasteiger partial charge in [0, 0.05) is 68.2 Å². The van der Waals surface area contributed by atoms with Crippen LogP contribution in [0.2, 0.25) is 0 Å². The molecule has 0 saturated heterocycles. The highest BCUT2D eigenvalue weighted by Crippen LogP contribution is 2.55. The third-order valence-electron chi connectivity index (χ3n) is 12.6. The molecule has 3 aliphatic rings. The number of amides is 1. The number of ketones is 1. The summed E-state index contributed by atoms with van der Waals surface area (Å²) >= 11 is 0. The fourth-order valence-corrected chi connectivity index (χ4v) is 8.26. The summed E-state index contributed by atoms with van der Waals surface area (Å²) in [7, 11) is 3.00. The van der Waals surface area contributed by atoms with Crippen molar-refractivity contribution in [2.24, 2.45) is 28.8 Å². The largest absolute Gasteiger partial charge is 0.507 e. The van der Waals surface area contributed by atoms with Crippen LogP contribution in [0, 0.1) is 30.6 Å². The van der Waals surface area contributed by atoms with Crippen LogP contribution in [0.15, 0.2) is 71.6 Å². The minimum atomic E-state index is -2.09. The number of phenolic OH excluding ortho intramolecular Hbond substituents is 3. The molecule has 0 aromatic heterocycles. The van der Waals surface area contributed by atoms with E-state index in [4.69, 9.17) is 18.9 Å². The molecule has 5 bridgehead atoms. The molecule has 16 heteroatoms. The smallest absolute Gasteiger partial charge is 0.312 e. The van der Waals surface area contributed by atoms with Gasteiger partial charge in [-0.15, -0.1) is 0 Å². The molecule has 3 aromatic rings. The van der Waals surface area contributed by atoms with Crippen LogP contribution < -0.4 is 10.1 Å². The van der Waals surface area contributed by atoms with E-state index in [9.17, 15) is 45.0 Å². The molecule has 1 amide bonds. The number of carbonyl (C=O) groups excluding carboxylic acids is 3. The van der Waals surface area contributed by atoms with Crippen LogP contribution in [0.4, 0.5) is 5.69 Å². The van der Waals surface area contributed by atoms with Crippen molar-refractivity contribution in [2.75, 3.05) is 19.5 Å². The Bertz CT molecular complexity index is 2360. The first kappa shape index (κ1) is 49.1. The molecule has 6 rings (SSSR count). The molecule has 0 fully saturated rings. The number of phenols is 3. The van der Waals surface area contributed by atoms with E-state index in [0.29, 0.717) is 5.56 Å². The molecule has 0 unspecified atom stereocenters. The number of rotatable bonds is 7. The van der Waals surface area contributed by atoms with Gasteiger partial charge in [0.25, 0.3) is 11.7 Å². The Kier molecular flexibility index (Phi) is 15.2. The number of Topliss-reactive ketones (excluding diaryl/α,β-unsaturated/α-hetero) is 1. The molecular formula is C48H61N3O13. The summed E-state index contributed by atoms with van der Waals surface area (Å²) in [5.41, 5.74) is -0.0862. The third kappa shape index (κ3) is 9.60. The molecule has 0 radical (unpaired) electrons. The van der Waals surface area contributed by atoms with Crippen LogP contribution in [0.3, 0.4) is 0 Å². The topological polar surface area (TPSA) is 237 Å². The number of allylic oxidation sites excluding steroid dienone is 2. The number of fused-ring (bicyclic) bond motifs is 14. The Morgan fingerprint density at radius 2 is 1.61 bits per heavy atom. The van der Waals surface area contributed by atoms with Crippen LogP contribution in [-0.4, -0.2) is 110 Å². The number of hydrogen-bond donors (Lipinski definition) is 7. The second-order valence-corrected chi connectivity index (χ2v) is 17.0. The van der Waals surface area contributed by atoms with Crippen molar-refractivity contribution in [3.63, 3.8) is 0 Å². The van der Waals surface area contributed by atoms with Gasteiger partial charge in [-0.3, -0.25) is 19.4 Å². The highest BCUT2D eigenvalue weighted by molar-refractivity contribution is 6.23. The standard InChI is InChI=1S/C48H61N3O13/c1-23-16-15-17-24(2)47(60)50-37-32(22-49-51(10)29(7)41(56)31-18-13-12-14-19-31)42(57)34-35(43(37)58)40(55)28(6)45-36(34)46(59)48(9,64-45)62-21-20-33(61-11)25(3)44(63-30(8)52)27(5)39(54)26(4)38(23)53/h12-23,25-27,29,33,38-39,41,44,53-58H,1-11H3,(H,50,60)/t23-,25+,26-,27-,29+,33+,38-,39-,41-,44-,48-/m0/s1. The molecular weight excluding hydrogens is 827 g/mol. The van der Waals surface area contributed by atoms with E-state index in [1.807, 2.05) is 6.07 Å². The molecule has 0 saturated carbocycles. The molecule has 0 spiro atoms. The zero-order chi connectivity index (χ0) is 47.5. The third-order valence-corrected chi connectivity index (χ3v) is 12.6. The van der Waals surface area contributed by atoms with Gasteiger partial charge < -0.3 is 54.9 Å². The number of aromatic hydroxyl groups is 3. The average molecular weight is 888 g/mol. The lowest BCUT2D eigenvalue weighted by Gasteiger charge is -2.38. The number of benzene rings is 3. The van der Waals surface area contributed by atoms with E-state index in [1.54, 1.807) is 78.1 Å². The number of nitrogens with zero attached hydrogens (tertiary/aromatic N) is 2. The summed E-state index contributed by atoms with van der Waals surface area (Å²) in [4.78, 5) is 40.8. The summed E-state index contributed by atoms with van der Waals surface area (Å²) in [6.45, 7) is 14.1. The lowest BCUT2D eigenvalue weighted by atomic mass is 9.78. The number of nitrogens with one attached hydrogen (secondary N) is 1. The number of anilines is 1. The number of ether oxygens (including phenoxy) is 4. The van der Waals surface area contributed by atoms with Gasteiger partial charge in [-0.05, 0) is 32.4 Å². The summed E-state index contributed by atoms with van der Waals surface area (Å²) in [6.07, 6.45) is 3.51. The normalized spacial score (nSPS) is 27.8. The maximum Gasteiger partial charge on any atom is 0.312 e. The fourth-order valence-electron chi connectivity index (χ4n) is 8.26. The second-order valence-electron chi connectivity index (χ2n) is 17.0. The molecule has 11 atom stereocenters. The van der Waals surface area contributed by atoms with Crippen molar-refractivity contribution in [3.8, 4) is 23.0 Å². The van der Waals surface area contributed by atoms with Gasteiger partial charge in [0.05, 0.1) is 59.0 Å². The van der Waals surface area contributed by atoms with Crippen molar-refractivity contribution in [2.45, 2.75) is 105 Å². The molecule has 64 heavy (non-hydrogen) atoms. The zero-order valence-corrected chi connectivity index (χ0v) is 38.1. The van der Waals surface area contributed by atoms with Gasteiger partial charge in [0.2, 0.25) is 0 Å². The van der Waals surface area contributed by atoms with E-state index in [2.05, 4.69) is 10.4 Å². The maximum atomic E-state index is 14.5. The van der Waals surface area contributed by atoms with Gasteiger partial charge in [0.1, 0.15) is 29.5 Å². The Hall–Kier alpha value is -5.94. The number of aliphatic hydroxyl groups is 3. The first-order valence-corrected chi connectivity index (χ1v) is 21.2. The van der Waals surface area contributed by atoms with E-state index in [0.717, 1.165) is 6.21 Å². The SMILES string of the molecule is CO[C@@H]1C=CO[C@@]2(C)Oc3c(C)c(O)c4c(O)c(c(C=NN(C)[C@H](C)[C@H](O)c5ccccc5)c(O)c4c3C2=O)NC(=O)C(C)=CC=C[C@H](C)[C@H](O)[C@H](C)[C@H](O)[C@H](C)[C@@H](OC(C)=O)[C@@H]1C. The Morgan fingerprint density at radius 1 is 0.953 bits per heavy atom. The zero-order valence-electron chi connectivity index (χ0n) is 38.1. The number of hydrazone groups is 1. The van der Waals surface area contributed by atoms with Gasteiger partial charge in [-0.1, -0.05) is 76.3 Å². The summed E-state index contributed by atoms with van der Waals surface area (Å²) in [5.74, 6) is -8.88. The highest BCUT2D eigenvalue weighted by atomic mass is 16.7. The Morgan fingerprint density at radius 3 is 2.23 bits per heavy atom. The summed E-state index contributed by atoms with van der Waals surface area (Å²) in [6, 6.07) is 8.28. The minimum Gasteiger partial charge on any atom is -0.507 e. The number of carbonyl (C=O) groups is 3.